The number of urea groups is 1. The third-order valence-corrected chi connectivity index (χ3v) is 4.59. The molecular weight excluding hydrogens is 278 g/mol. The smallest absolute Gasteiger partial charge is 0.324 e. The van der Waals surface area contributed by atoms with E-state index in [4.69, 9.17) is 0 Å². The minimum Gasteiger partial charge on any atom is -0.336 e. The first-order valence-electron chi connectivity index (χ1n) is 8.07. The number of nitrogens with one attached hydrogen (secondary N) is 1. The molecule has 0 spiro atoms. The summed E-state index contributed by atoms with van der Waals surface area (Å²) in [5, 5.41) is 2.67. The fraction of sp³-hybridized carbons (Fsp3) is 0.529. The Balaban J connectivity index is 1.44. The van der Waals surface area contributed by atoms with Crippen LogP contribution in [0.1, 0.15) is 18.4 Å². The molecule has 1 N–H and O–H groups in total. The zero-order valence-corrected chi connectivity index (χ0v) is 12.8. The summed E-state index contributed by atoms with van der Waals surface area (Å²) in [6.07, 6.45) is 3.36. The Morgan fingerprint density at radius 2 is 1.86 bits per heavy atom. The molecule has 3 amide bonds. The molecule has 5 heteroatoms. The van der Waals surface area contributed by atoms with Gasteiger partial charge in [-0.15, -0.1) is 0 Å². The molecular formula is C17H23N3O2. The predicted molar refractivity (Wildman–Crippen MR) is 84.4 cm³/mol. The van der Waals surface area contributed by atoms with E-state index in [-0.39, 0.29) is 11.9 Å². The van der Waals surface area contributed by atoms with E-state index in [1.54, 1.807) is 0 Å². The predicted octanol–water partition coefficient (Wildman–Crippen LogP) is 1.49. The summed E-state index contributed by atoms with van der Waals surface area (Å²) >= 11 is 0. The van der Waals surface area contributed by atoms with Gasteiger partial charge in [-0.25, -0.2) is 4.79 Å². The van der Waals surface area contributed by atoms with Gasteiger partial charge in [0.05, 0.1) is 6.54 Å². The molecule has 22 heavy (non-hydrogen) atoms. The van der Waals surface area contributed by atoms with Crippen LogP contribution < -0.4 is 5.32 Å². The van der Waals surface area contributed by atoms with Gasteiger partial charge in [0.2, 0.25) is 5.91 Å². The zero-order valence-electron chi connectivity index (χ0n) is 12.8. The summed E-state index contributed by atoms with van der Waals surface area (Å²) < 4.78 is 0. The van der Waals surface area contributed by atoms with Crippen molar-refractivity contribution in [2.45, 2.75) is 19.3 Å². The van der Waals surface area contributed by atoms with Crippen LogP contribution in [-0.2, 0) is 11.2 Å². The van der Waals surface area contributed by atoms with Crippen molar-refractivity contribution in [3.05, 3.63) is 35.9 Å². The third kappa shape index (κ3) is 3.65. The lowest BCUT2D eigenvalue weighted by Gasteiger charge is -2.32. The monoisotopic (exact) mass is 301 g/mol. The van der Waals surface area contributed by atoms with Crippen molar-refractivity contribution in [1.82, 2.24) is 15.1 Å². The minimum absolute atomic E-state index is 0.0727. The van der Waals surface area contributed by atoms with Crippen molar-refractivity contribution in [1.29, 1.82) is 0 Å². The van der Waals surface area contributed by atoms with Gasteiger partial charge in [-0.2, -0.15) is 0 Å². The van der Waals surface area contributed by atoms with Crippen LogP contribution in [0, 0.1) is 5.92 Å². The first kappa shape index (κ1) is 15.0. The number of carbonyl (C=O) groups is 2. The maximum atomic E-state index is 12.1. The van der Waals surface area contributed by atoms with E-state index in [0.29, 0.717) is 25.6 Å². The van der Waals surface area contributed by atoms with Crippen LogP contribution in [0.2, 0.25) is 0 Å². The Kier molecular flexibility index (Phi) is 4.73. The average molecular weight is 301 g/mol. The summed E-state index contributed by atoms with van der Waals surface area (Å²) in [5.74, 6) is 0.625. The molecule has 0 bridgehead atoms. The Bertz CT molecular complexity index is 524. The lowest BCUT2D eigenvalue weighted by molar-refractivity contribution is -0.129. The molecule has 0 aromatic heterocycles. The van der Waals surface area contributed by atoms with Crippen molar-refractivity contribution < 1.29 is 9.59 Å². The van der Waals surface area contributed by atoms with Gasteiger partial charge in [-0.3, -0.25) is 14.6 Å². The van der Waals surface area contributed by atoms with E-state index in [1.807, 2.05) is 6.07 Å². The molecule has 0 aliphatic carbocycles. The quantitative estimate of drug-likeness (QED) is 0.917. The molecule has 0 atom stereocenters. The van der Waals surface area contributed by atoms with Crippen molar-refractivity contribution in [3.63, 3.8) is 0 Å². The van der Waals surface area contributed by atoms with Crippen LogP contribution in [0.25, 0.3) is 0 Å². The van der Waals surface area contributed by atoms with Gasteiger partial charge in [0.25, 0.3) is 0 Å². The number of hydrogen-bond acceptors (Lipinski definition) is 3. The van der Waals surface area contributed by atoms with Crippen molar-refractivity contribution >= 4 is 11.9 Å². The number of imide groups is 1. The fourth-order valence-electron chi connectivity index (χ4n) is 3.28. The van der Waals surface area contributed by atoms with Crippen molar-refractivity contribution in [2.24, 2.45) is 5.92 Å². The highest BCUT2D eigenvalue weighted by Gasteiger charge is 2.28. The third-order valence-electron chi connectivity index (χ3n) is 4.59. The summed E-state index contributed by atoms with van der Waals surface area (Å²) in [5.41, 5.74) is 1.39. The highest BCUT2D eigenvalue weighted by Crippen LogP contribution is 2.21. The molecule has 2 heterocycles. The summed E-state index contributed by atoms with van der Waals surface area (Å²) in [6, 6.07) is 10.3. The number of carbonyl (C=O) groups excluding carboxylic acids is 2. The van der Waals surface area contributed by atoms with Crippen molar-refractivity contribution in [2.75, 3.05) is 32.7 Å². The van der Waals surface area contributed by atoms with Gasteiger partial charge in [-0.1, -0.05) is 30.3 Å². The number of nitrogens with zero attached hydrogens (tertiary/aromatic N) is 2. The zero-order chi connectivity index (χ0) is 15.4. The van der Waals surface area contributed by atoms with Gasteiger partial charge in [0.1, 0.15) is 0 Å². The molecule has 0 radical (unpaired) electrons. The van der Waals surface area contributed by atoms with E-state index in [1.165, 1.54) is 10.5 Å². The van der Waals surface area contributed by atoms with E-state index in [0.717, 1.165) is 32.4 Å². The molecule has 3 rings (SSSR count). The van der Waals surface area contributed by atoms with Gasteiger partial charge in [-0.05, 0) is 43.8 Å². The number of likely N-dealkylation sites (tertiary alicyclic amines) is 1. The largest absolute Gasteiger partial charge is 0.336 e. The molecule has 2 fully saturated rings. The van der Waals surface area contributed by atoms with E-state index >= 15 is 0 Å². The van der Waals surface area contributed by atoms with Crippen LogP contribution in [-0.4, -0.2) is 54.5 Å². The summed E-state index contributed by atoms with van der Waals surface area (Å²) in [4.78, 5) is 27.1. The summed E-state index contributed by atoms with van der Waals surface area (Å²) in [7, 11) is 0. The van der Waals surface area contributed by atoms with E-state index < -0.39 is 0 Å². The molecule has 0 unspecified atom stereocenters. The maximum Gasteiger partial charge on any atom is 0.324 e. The van der Waals surface area contributed by atoms with E-state index in [2.05, 4.69) is 34.5 Å². The standard InChI is InChI=1S/C17H23N3O2/c21-16(20-11-8-18-17(20)22)13-19-9-6-15(7-10-19)12-14-4-2-1-3-5-14/h1-5,15H,6-13H2,(H,18,22). The topological polar surface area (TPSA) is 52.7 Å². The minimum atomic E-state index is -0.246. The first-order valence-corrected chi connectivity index (χ1v) is 8.07. The Labute approximate surface area is 131 Å². The number of benzene rings is 1. The van der Waals surface area contributed by atoms with Crippen LogP contribution in [0.5, 0.6) is 0 Å². The normalized spacial score (nSPS) is 20.2. The van der Waals surface area contributed by atoms with Gasteiger partial charge in [0.15, 0.2) is 0 Å². The second-order valence-corrected chi connectivity index (χ2v) is 6.19. The molecule has 2 aliphatic heterocycles. The fourth-order valence-corrected chi connectivity index (χ4v) is 3.28. The van der Waals surface area contributed by atoms with Crippen LogP contribution in [0.3, 0.4) is 0 Å². The highest BCUT2D eigenvalue weighted by molar-refractivity contribution is 5.96. The number of piperidine rings is 1. The number of hydrogen-bond donors (Lipinski definition) is 1. The molecule has 1 aromatic rings. The second kappa shape index (κ2) is 6.92. The lowest BCUT2D eigenvalue weighted by atomic mass is 9.90. The Morgan fingerprint density at radius 3 is 2.50 bits per heavy atom. The van der Waals surface area contributed by atoms with Crippen molar-refractivity contribution in [3.8, 4) is 0 Å². The highest BCUT2D eigenvalue weighted by atomic mass is 16.2. The molecule has 1 aromatic carbocycles. The molecule has 2 aliphatic rings. The maximum absolute atomic E-state index is 12.1. The average Bonchev–Trinajstić information content (AvgIpc) is 2.96. The number of rotatable bonds is 4. The molecule has 118 valence electrons. The molecule has 2 saturated heterocycles. The second-order valence-electron chi connectivity index (χ2n) is 6.19. The number of amides is 3. The Hall–Kier alpha value is -1.88. The van der Waals surface area contributed by atoms with Gasteiger partial charge in [0, 0.05) is 13.1 Å². The lowest BCUT2D eigenvalue weighted by Crippen LogP contribution is -2.44. The van der Waals surface area contributed by atoms with Crippen LogP contribution >= 0.6 is 0 Å². The molecule has 0 saturated carbocycles. The molecule has 5 nitrogen and oxygen atoms in total. The van der Waals surface area contributed by atoms with Gasteiger partial charge >= 0.3 is 6.03 Å². The van der Waals surface area contributed by atoms with Crippen LogP contribution in [0.4, 0.5) is 4.79 Å². The van der Waals surface area contributed by atoms with Gasteiger partial charge < -0.3 is 5.32 Å². The summed E-state index contributed by atoms with van der Waals surface area (Å²) in [6.45, 7) is 3.33. The first-order chi connectivity index (χ1) is 10.7. The SMILES string of the molecule is O=C(CN1CCC(Cc2ccccc2)CC1)N1CCNC1=O. The van der Waals surface area contributed by atoms with Crippen LogP contribution in [0.15, 0.2) is 30.3 Å². The van der Waals surface area contributed by atoms with E-state index in [9.17, 15) is 9.59 Å². The Morgan fingerprint density at radius 1 is 1.14 bits per heavy atom.